The van der Waals surface area contributed by atoms with Crippen molar-refractivity contribution in [3.63, 3.8) is 0 Å². The van der Waals surface area contributed by atoms with Crippen molar-refractivity contribution in [1.29, 1.82) is 0 Å². The van der Waals surface area contributed by atoms with Gasteiger partial charge in [-0.25, -0.2) is 0 Å². The lowest BCUT2D eigenvalue weighted by Gasteiger charge is -2.24. The standard InChI is InChI=1S/C13H15NO2/c1-14-12-6-9(13(14)15)5-8-3-4-10(16-2)7-11(8)12/h3-4,7,9,12H,5-6H2,1-2H3. The molecule has 1 saturated heterocycles. The lowest BCUT2D eigenvalue weighted by Crippen LogP contribution is -2.23. The van der Waals surface area contributed by atoms with E-state index in [1.165, 1.54) is 11.1 Å². The third-order valence-corrected chi connectivity index (χ3v) is 3.85. The molecule has 16 heavy (non-hydrogen) atoms. The summed E-state index contributed by atoms with van der Waals surface area (Å²) < 4.78 is 5.25. The molecule has 0 radical (unpaired) electrons. The van der Waals surface area contributed by atoms with Crippen molar-refractivity contribution in [2.24, 2.45) is 5.92 Å². The highest BCUT2D eigenvalue weighted by atomic mass is 16.5. The van der Waals surface area contributed by atoms with E-state index in [-0.39, 0.29) is 12.0 Å². The Balaban J connectivity index is 2.09. The zero-order valence-corrected chi connectivity index (χ0v) is 9.56. The molecular formula is C13H15NO2. The summed E-state index contributed by atoms with van der Waals surface area (Å²) >= 11 is 0. The van der Waals surface area contributed by atoms with Crippen molar-refractivity contribution < 1.29 is 9.53 Å². The number of nitrogens with zero attached hydrogens (tertiary/aromatic N) is 1. The minimum absolute atomic E-state index is 0.205. The van der Waals surface area contributed by atoms with Crippen LogP contribution in [-0.2, 0) is 11.2 Å². The molecule has 1 aromatic carbocycles. The van der Waals surface area contributed by atoms with Crippen LogP contribution in [0.4, 0.5) is 0 Å². The van der Waals surface area contributed by atoms with Crippen LogP contribution < -0.4 is 4.74 Å². The molecule has 2 unspecified atom stereocenters. The third-order valence-electron chi connectivity index (χ3n) is 3.85. The Morgan fingerprint density at radius 1 is 1.44 bits per heavy atom. The fourth-order valence-electron chi connectivity index (χ4n) is 2.94. The fourth-order valence-corrected chi connectivity index (χ4v) is 2.94. The topological polar surface area (TPSA) is 29.5 Å². The zero-order valence-electron chi connectivity index (χ0n) is 9.56. The molecule has 1 aliphatic carbocycles. The van der Waals surface area contributed by atoms with Crippen LogP contribution in [0.15, 0.2) is 18.2 Å². The van der Waals surface area contributed by atoms with E-state index in [4.69, 9.17) is 4.74 Å². The molecule has 1 amide bonds. The van der Waals surface area contributed by atoms with E-state index in [0.29, 0.717) is 5.91 Å². The molecule has 1 fully saturated rings. The van der Waals surface area contributed by atoms with Crippen molar-refractivity contribution >= 4 is 5.91 Å². The number of carbonyl (C=O) groups is 1. The van der Waals surface area contributed by atoms with Gasteiger partial charge in [0.25, 0.3) is 0 Å². The number of likely N-dealkylation sites (tertiary alicyclic amines) is 1. The monoisotopic (exact) mass is 217 g/mol. The van der Waals surface area contributed by atoms with Crippen LogP contribution in [0.3, 0.4) is 0 Å². The summed E-state index contributed by atoms with van der Waals surface area (Å²) in [7, 11) is 3.58. The molecule has 3 rings (SSSR count). The molecule has 0 N–H and O–H groups in total. The van der Waals surface area contributed by atoms with Gasteiger partial charge in [-0.05, 0) is 36.1 Å². The van der Waals surface area contributed by atoms with Gasteiger partial charge in [-0.1, -0.05) is 6.07 Å². The van der Waals surface area contributed by atoms with E-state index in [0.717, 1.165) is 18.6 Å². The van der Waals surface area contributed by atoms with Crippen molar-refractivity contribution in [2.75, 3.05) is 14.2 Å². The largest absolute Gasteiger partial charge is 0.497 e. The normalized spacial score (nSPS) is 26.9. The summed E-state index contributed by atoms with van der Waals surface area (Å²) in [4.78, 5) is 13.8. The molecule has 84 valence electrons. The Hall–Kier alpha value is -1.51. The highest BCUT2D eigenvalue weighted by molar-refractivity contribution is 5.83. The molecule has 0 spiro atoms. The molecule has 3 heteroatoms. The Bertz CT molecular complexity index is 455. The van der Waals surface area contributed by atoms with E-state index in [1.54, 1.807) is 7.11 Å². The van der Waals surface area contributed by atoms with E-state index in [1.807, 2.05) is 18.0 Å². The van der Waals surface area contributed by atoms with Crippen LogP contribution in [0.25, 0.3) is 0 Å². The summed E-state index contributed by atoms with van der Waals surface area (Å²) in [5.41, 5.74) is 2.57. The number of amides is 1. The Labute approximate surface area is 95.0 Å². The zero-order chi connectivity index (χ0) is 11.3. The molecule has 1 heterocycles. The second-order valence-electron chi connectivity index (χ2n) is 4.67. The first-order chi connectivity index (χ1) is 7.70. The predicted molar refractivity (Wildman–Crippen MR) is 60.3 cm³/mol. The lowest BCUT2D eigenvalue weighted by molar-refractivity contribution is -0.130. The highest BCUT2D eigenvalue weighted by Gasteiger charge is 2.42. The number of carbonyl (C=O) groups excluding carboxylic acids is 1. The van der Waals surface area contributed by atoms with E-state index >= 15 is 0 Å². The first kappa shape index (κ1) is 9.70. The maximum atomic E-state index is 11.9. The number of hydrogen-bond acceptors (Lipinski definition) is 2. The van der Waals surface area contributed by atoms with Gasteiger partial charge in [0.1, 0.15) is 5.75 Å². The summed E-state index contributed by atoms with van der Waals surface area (Å²) in [6.07, 6.45) is 1.86. The minimum atomic E-state index is 0.205. The predicted octanol–water partition coefficient (Wildman–Crippen LogP) is 1.77. The van der Waals surface area contributed by atoms with Crippen molar-refractivity contribution in [3.05, 3.63) is 29.3 Å². The fraction of sp³-hybridized carbons (Fsp3) is 0.462. The Kier molecular flexibility index (Phi) is 1.96. The molecule has 2 aliphatic rings. The second kappa shape index (κ2) is 3.24. The van der Waals surface area contributed by atoms with E-state index < -0.39 is 0 Å². The van der Waals surface area contributed by atoms with E-state index in [9.17, 15) is 4.79 Å². The molecule has 2 atom stereocenters. The van der Waals surface area contributed by atoms with Crippen molar-refractivity contribution in [3.8, 4) is 5.75 Å². The van der Waals surface area contributed by atoms with Gasteiger partial charge in [0.2, 0.25) is 5.91 Å². The molecular weight excluding hydrogens is 202 g/mol. The highest BCUT2D eigenvalue weighted by Crippen LogP contribution is 2.44. The number of rotatable bonds is 1. The van der Waals surface area contributed by atoms with Crippen LogP contribution in [0, 0.1) is 5.92 Å². The average molecular weight is 217 g/mol. The van der Waals surface area contributed by atoms with Gasteiger partial charge in [0.05, 0.1) is 13.2 Å². The molecule has 2 bridgehead atoms. The van der Waals surface area contributed by atoms with Crippen LogP contribution in [0.2, 0.25) is 0 Å². The third kappa shape index (κ3) is 1.17. The van der Waals surface area contributed by atoms with Gasteiger partial charge in [0, 0.05) is 13.0 Å². The summed E-state index contributed by atoms with van der Waals surface area (Å²) in [6.45, 7) is 0. The number of fused-ring (bicyclic) bond motifs is 4. The first-order valence-electron chi connectivity index (χ1n) is 5.64. The molecule has 1 aromatic rings. The van der Waals surface area contributed by atoms with Crippen LogP contribution in [0.1, 0.15) is 23.6 Å². The Morgan fingerprint density at radius 3 is 3.00 bits per heavy atom. The maximum absolute atomic E-state index is 11.9. The molecule has 3 nitrogen and oxygen atoms in total. The summed E-state index contributed by atoms with van der Waals surface area (Å²) in [5, 5.41) is 0. The number of benzene rings is 1. The molecule has 1 aliphatic heterocycles. The van der Waals surface area contributed by atoms with E-state index in [2.05, 4.69) is 12.1 Å². The summed E-state index contributed by atoms with van der Waals surface area (Å²) in [6, 6.07) is 6.41. The van der Waals surface area contributed by atoms with Gasteiger partial charge in [-0.3, -0.25) is 4.79 Å². The smallest absolute Gasteiger partial charge is 0.226 e. The van der Waals surface area contributed by atoms with Crippen molar-refractivity contribution in [1.82, 2.24) is 4.90 Å². The second-order valence-corrected chi connectivity index (χ2v) is 4.67. The van der Waals surface area contributed by atoms with Gasteiger partial charge in [-0.15, -0.1) is 0 Å². The van der Waals surface area contributed by atoms with Gasteiger partial charge >= 0.3 is 0 Å². The quantitative estimate of drug-likeness (QED) is 0.717. The summed E-state index contributed by atoms with van der Waals surface area (Å²) in [5.74, 6) is 1.38. The maximum Gasteiger partial charge on any atom is 0.226 e. The van der Waals surface area contributed by atoms with Crippen molar-refractivity contribution in [2.45, 2.75) is 18.9 Å². The molecule has 0 aromatic heterocycles. The van der Waals surface area contributed by atoms with Gasteiger partial charge in [-0.2, -0.15) is 0 Å². The first-order valence-corrected chi connectivity index (χ1v) is 5.64. The number of ether oxygens (including phenoxy) is 1. The Morgan fingerprint density at radius 2 is 2.25 bits per heavy atom. The number of methoxy groups -OCH3 is 1. The number of hydrogen-bond donors (Lipinski definition) is 0. The van der Waals surface area contributed by atoms with Gasteiger partial charge in [0.15, 0.2) is 0 Å². The average Bonchev–Trinajstić information content (AvgIpc) is 2.55. The van der Waals surface area contributed by atoms with Crippen LogP contribution in [0.5, 0.6) is 5.75 Å². The van der Waals surface area contributed by atoms with Crippen LogP contribution >= 0.6 is 0 Å². The van der Waals surface area contributed by atoms with Crippen LogP contribution in [-0.4, -0.2) is 25.0 Å². The molecule has 0 saturated carbocycles. The SMILES string of the molecule is COc1ccc2c(c1)C1CC(C2)C(=O)N1C. The minimum Gasteiger partial charge on any atom is -0.497 e. The van der Waals surface area contributed by atoms with Gasteiger partial charge < -0.3 is 9.64 Å². The lowest BCUT2D eigenvalue weighted by atomic mass is 9.84.